The summed E-state index contributed by atoms with van der Waals surface area (Å²) in [6.07, 6.45) is 4.93. The summed E-state index contributed by atoms with van der Waals surface area (Å²) < 4.78 is 0. The van der Waals surface area contributed by atoms with E-state index < -0.39 is 0 Å². The quantitative estimate of drug-likeness (QED) is 0.155. The van der Waals surface area contributed by atoms with E-state index in [-0.39, 0.29) is 10.8 Å². The summed E-state index contributed by atoms with van der Waals surface area (Å²) in [5.74, 6) is 0. The molecule has 3 aliphatic rings. The fourth-order valence-corrected chi connectivity index (χ4v) is 11.7. The summed E-state index contributed by atoms with van der Waals surface area (Å²) >= 11 is 0. The Labute approximate surface area is 372 Å². The molecule has 0 aromatic heterocycles. The lowest BCUT2D eigenvalue weighted by molar-refractivity contribution is 0.550. The summed E-state index contributed by atoms with van der Waals surface area (Å²) in [6, 6.07) is 79.4. The molecule has 0 saturated heterocycles. The normalized spacial score (nSPS) is 14.8. The zero-order valence-corrected chi connectivity index (χ0v) is 36.0. The number of hydrogen-bond donors (Lipinski definition) is 0. The molecular formula is C62H49N. The summed E-state index contributed by atoms with van der Waals surface area (Å²) in [5, 5.41) is 0. The predicted octanol–water partition coefficient (Wildman–Crippen LogP) is 17.0. The highest BCUT2D eigenvalue weighted by Gasteiger charge is 2.45. The number of anilines is 3. The number of nitrogens with zero attached hydrogens (tertiary/aromatic N) is 1. The SMILES string of the molecule is CC1(C)c2ccccc2-c2cccc(-c3cccc(N(c4ccc5c(c4)C4(CCCC4)c4ccccc4-5)c4ccccc4-c4ccc(-c5ccc(-c6ccccc6)cc5)cc4)c3)c21. The van der Waals surface area contributed by atoms with Gasteiger partial charge in [-0.2, -0.15) is 0 Å². The minimum atomic E-state index is -0.120. The zero-order chi connectivity index (χ0) is 42.1. The Balaban J connectivity index is 0.996. The molecule has 3 aliphatic carbocycles. The summed E-state index contributed by atoms with van der Waals surface area (Å²) in [4.78, 5) is 2.53. The van der Waals surface area contributed by atoms with Gasteiger partial charge in [0.1, 0.15) is 0 Å². The molecule has 0 atom stereocenters. The Bertz CT molecular complexity index is 3180. The molecule has 1 saturated carbocycles. The van der Waals surface area contributed by atoms with E-state index in [1.54, 1.807) is 0 Å². The van der Waals surface area contributed by atoms with Gasteiger partial charge in [0, 0.05) is 27.8 Å². The first-order valence-electron chi connectivity index (χ1n) is 22.7. The van der Waals surface area contributed by atoms with Crippen molar-refractivity contribution in [2.45, 2.75) is 50.4 Å². The lowest BCUT2D eigenvalue weighted by Gasteiger charge is -2.31. The third-order valence-corrected chi connectivity index (χ3v) is 14.6. The first-order chi connectivity index (χ1) is 31.0. The highest BCUT2D eigenvalue weighted by molar-refractivity contribution is 5.93. The summed E-state index contributed by atoms with van der Waals surface area (Å²) in [5.41, 5.74) is 24.6. The van der Waals surface area contributed by atoms with Gasteiger partial charge >= 0.3 is 0 Å². The Morgan fingerprint density at radius 3 is 1.54 bits per heavy atom. The van der Waals surface area contributed by atoms with Crippen LogP contribution in [0.4, 0.5) is 17.1 Å². The third kappa shape index (κ3) is 5.98. The Hall–Kier alpha value is -7.22. The van der Waals surface area contributed by atoms with Crippen LogP contribution in [0.1, 0.15) is 61.8 Å². The van der Waals surface area contributed by atoms with Crippen molar-refractivity contribution in [2.24, 2.45) is 0 Å². The number of fused-ring (bicyclic) bond motifs is 8. The van der Waals surface area contributed by atoms with Gasteiger partial charge in [-0.3, -0.25) is 0 Å². The van der Waals surface area contributed by atoms with Gasteiger partial charge in [0.2, 0.25) is 0 Å². The maximum Gasteiger partial charge on any atom is 0.0540 e. The standard InChI is InChI=1S/C62H49N/c1-61(2)56-25-9-6-22-53(56)55-24-15-23-51(60(55)61)47-18-14-19-48(40-47)63(49-36-37-54-52-21-7-10-26-57(52)62(58(54)41-49)38-12-13-39-62)59-27-11-8-20-50(59)46-34-32-45(33-35-46)44-30-28-43(29-31-44)42-16-4-3-5-17-42/h3-11,14-37,40-41H,12-13,38-39H2,1-2H3. The zero-order valence-electron chi connectivity index (χ0n) is 36.0. The van der Waals surface area contributed by atoms with Crippen molar-refractivity contribution in [1.29, 1.82) is 0 Å². The van der Waals surface area contributed by atoms with Crippen molar-refractivity contribution in [3.63, 3.8) is 0 Å². The number of benzene rings is 9. The van der Waals surface area contributed by atoms with E-state index in [4.69, 9.17) is 0 Å². The molecule has 63 heavy (non-hydrogen) atoms. The average molecular weight is 808 g/mol. The second-order valence-corrected chi connectivity index (χ2v) is 18.4. The first-order valence-corrected chi connectivity index (χ1v) is 22.7. The fourth-order valence-electron chi connectivity index (χ4n) is 11.7. The third-order valence-electron chi connectivity index (χ3n) is 14.6. The van der Waals surface area contributed by atoms with Gasteiger partial charge in [0.05, 0.1) is 5.69 Å². The minimum Gasteiger partial charge on any atom is -0.310 e. The van der Waals surface area contributed by atoms with Crippen LogP contribution in [0.15, 0.2) is 212 Å². The molecule has 9 aromatic rings. The van der Waals surface area contributed by atoms with Crippen LogP contribution < -0.4 is 4.90 Å². The highest BCUT2D eigenvalue weighted by atomic mass is 15.1. The molecule has 1 heteroatoms. The minimum absolute atomic E-state index is 0.0648. The van der Waals surface area contributed by atoms with Crippen molar-refractivity contribution < 1.29 is 0 Å². The largest absolute Gasteiger partial charge is 0.310 e. The molecule has 0 radical (unpaired) electrons. The number of para-hydroxylation sites is 1. The Morgan fingerprint density at radius 1 is 0.333 bits per heavy atom. The van der Waals surface area contributed by atoms with Crippen LogP contribution >= 0.6 is 0 Å². The second kappa shape index (κ2) is 14.7. The maximum absolute atomic E-state index is 2.55. The fraction of sp³-hybridized carbons (Fsp3) is 0.129. The van der Waals surface area contributed by atoms with E-state index in [0.717, 1.165) is 11.4 Å². The first kappa shape index (κ1) is 37.5. The van der Waals surface area contributed by atoms with E-state index in [1.165, 1.54) is 120 Å². The smallest absolute Gasteiger partial charge is 0.0540 e. The molecule has 0 bridgehead atoms. The molecule has 0 N–H and O–H groups in total. The van der Waals surface area contributed by atoms with Crippen LogP contribution in [-0.4, -0.2) is 0 Å². The Morgan fingerprint density at radius 2 is 0.825 bits per heavy atom. The van der Waals surface area contributed by atoms with Gasteiger partial charge in [0.15, 0.2) is 0 Å². The van der Waals surface area contributed by atoms with E-state index in [9.17, 15) is 0 Å². The number of rotatable bonds is 7. The maximum atomic E-state index is 2.55. The second-order valence-electron chi connectivity index (χ2n) is 18.4. The molecule has 1 nitrogen and oxygen atoms in total. The molecule has 0 aliphatic heterocycles. The molecule has 1 fully saturated rings. The molecule has 0 unspecified atom stereocenters. The Kier molecular flexibility index (Phi) is 8.76. The van der Waals surface area contributed by atoms with Gasteiger partial charge in [-0.25, -0.2) is 0 Å². The van der Waals surface area contributed by atoms with E-state index in [0.29, 0.717) is 0 Å². The van der Waals surface area contributed by atoms with Crippen LogP contribution in [0.2, 0.25) is 0 Å². The van der Waals surface area contributed by atoms with E-state index in [2.05, 4.69) is 231 Å². The van der Waals surface area contributed by atoms with Crippen LogP contribution in [0, 0.1) is 0 Å². The van der Waals surface area contributed by atoms with E-state index in [1.807, 2.05) is 0 Å². The summed E-state index contributed by atoms with van der Waals surface area (Å²) in [7, 11) is 0. The van der Waals surface area contributed by atoms with E-state index >= 15 is 0 Å². The molecular weight excluding hydrogens is 759 g/mol. The van der Waals surface area contributed by atoms with Crippen molar-refractivity contribution in [3.05, 3.63) is 235 Å². The molecule has 1 spiro atoms. The van der Waals surface area contributed by atoms with Crippen molar-refractivity contribution in [1.82, 2.24) is 0 Å². The highest BCUT2D eigenvalue weighted by Crippen LogP contribution is 2.58. The van der Waals surface area contributed by atoms with Crippen molar-refractivity contribution in [2.75, 3.05) is 4.90 Å². The van der Waals surface area contributed by atoms with Crippen molar-refractivity contribution in [3.8, 4) is 66.8 Å². The van der Waals surface area contributed by atoms with Crippen LogP contribution in [-0.2, 0) is 10.8 Å². The number of hydrogen-bond acceptors (Lipinski definition) is 1. The van der Waals surface area contributed by atoms with Gasteiger partial charge in [-0.15, -0.1) is 0 Å². The monoisotopic (exact) mass is 807 g/mol. The molecule has 302 valence electrons. The van der Waals surface area contributed by atoms with Crippen LogP contribution in [0.3, 0.4) is 0 Å². The topological polar surface area (TPSA) is 3.24 Å². The van der Waals surface area contributed by atoms with Gasteiger partial charge in [-0.05, 0) is 127 Å². The molecule has 9 aromatic carbocycles. The summed E-state index contributed by atoms with van der Waals surface area (Å²) in [6.45, 7) is 4.78. The van der Waals surface area contributed by atoms with Crippen molar-refractivity contribution >= 4 is 17.1 Å². The molecule has 12 rings (SSSR count). The lowest BCUT2D eigenvalue weighted by atomic mass is 9.76. The van der Waals surface area contributed by atoms with Gasteiger partial charge in [0.25, 0.3) is 0 Å². The van der Waals surface area contributed by atoms with Gasteiger partial charge < -0.3 is 4.90 Å². The van der Waals surface area contributed by atoms with Gasteiger partial charge in [-0.1, -0.05) is 209 Å². The predicted molar refractivity (Wildman–Crippen MR) is 265 cm³/mol. The van der Waals surface area contributed by atoms with Crippen LogP contribution in [0.25, 0.3) is 66.8 Å². The molecule has 0 amide bonds. The van der Waals surface area contributed by atoms with Crippen LogP contribution in [0.5, 0.6) is 0 Å². The average Bonchev–Trinajstić information content (AvgIpc) is 4.02. The lowest BCUT2D eigenvalue weighted by Crippen LogP contribution is -2.21. The molecule has 0 heterocycles.